The lowest BCUT2D eigenvalue weighted by Gasteiger charge is -2.41. The third-order valence-electron chi connectivity index (χ3n) is 4.70. The molecule has 1 aromatic carbocycles. The number of aromatic nitrogens is 2. The van der Waals surface area contributed by atoms with Crippen molar-refractivity contribution in [2.75, 3.05) is 10.2 Å². The number of nitrogens with zero attached hydrogens (tertiary/aromatic N) is 3. The van der Waals surface area contributed by atoms with E-state index in [1.807, 2.05) is 20.8 Å². The van der Waals surface area contributed by atoms with E-state index in [-0.39, 0.29) is 30.1 Å². The van der Waals surface area contributed by atoms with Crippen LogP contribution in [0.4, 0.5) is 10.8 Å². The number of carbonyl (C=O) groups is 3. The highest BCUT2D eigenvalue weighted by molar-refractivity contribution is 7.15. The largest absolute Gasteiger partial charge is 0.321 e. The van der Waals surface area contributed by atoms with Crippen LogP contribution in [-0.4, -0.2) is 33.6 Å². The van der Waals surface area contributed by atoms with E-state index in [1.54, 1.807) is 24.3 Å². The first kappa shape index (κ1) is 17.6. The molecule has 2 aliphatic rings. The van der Waals surface area contributed by atoms with Crippen molar-refractivity contribution in [3.63, 3.8) is 0 Å². The summed E-state index contributed by atoms with van der Waals surface area (Å²) in [4.78, 5) is 39.7. The highest BCUT2D eigenvalue weighted by Gasteiger charge is 2.56. The number of benzene rings is 1. The van der Waals surface area contributed by atoms with Crippen LogP contribution in [0.1, 0.15) is 49.0 Å². The van der Waals surface area contributed by atoms with E-state index in [2.05, 4.69) is 20.8 Å². The van der Waals surface area contributed by atoms with Crippen LogP contribution >= 0.6 is 11.3 Å². The van der Waals surface area contributed by atoms with Crippen molar-refractivity contribution >= 4 is 39.9 Å². The summed E-state index contributed by atoms with van der Waals surface area (Å²) in [6.07, 6.45) is 0.369. The first-order chi connectivity index (χ1) is 12.7. The monoisotopic (exact) mass is 385 g/mol. The maximum Gasteiger partial charge on any atom is 0.273 e. The minimum atomic E-state index is -1.45. The fourth-order valence-electron chi connectivity index (χ4n) is 3.35. The van der Waals surface area contributed by atoms with Crippen LogP contribution in [-0.2, 0) is 15.0 Å². The van der Waals surface area contributed by atoms with Crippen LogP contribution in [0.2, 0.25) is 0 Å². The van der Waals surface area contributed by atoms with Crippen LogP contribution < -0.4 is 15.5 Å². The first-order valence-electron chi connectivity index (χ1n) is 8.62. The topological polar surface area (TPSA) is 104 Å². The van der Waals surface area contributed by atoms with Gasteiger partial charge in [0.1, 0.15) is 5.01 Å². The Hall–Kier alpha value is -2.81. The zero-order chi connectivity index (χ0) is 19.4. The highest BCUT2D eigenvalue weighted by atomic mass is 32.1. The smallest absolute Gasteiger partial charge is 0.273 e. The van der Waals surface area contributed by atoms with E-state index >= 15 is 0 Å². The van der Waals surface area contributed by atoms with Crippen molar-refractivity contribution in [1.82, 2.24) is 15.5 Å². The zero-order valence-electron chi connectivity index (χ0n) is 15.2. The van der Waals surface area contributed by atoms with Crippen LogP contribution in [0.3, 0.4) is 0 Å². The number of amides is 3. The summed E-state index contributed by atoms with van der Waals surface area (Å²) in [5, 5.41) is 14.8. The summed E-state index contributed by atoms with van der Waals surface area (Å²) < 4.78 is 0. The third kappa shape index (κ3) is 2.69. The Bertz CT molecular complexity index is 964. The molecule has 1 aromatic heterocycles. The number of para-hydroxylation sites is 1. The molecule has 1 unspecified atom stereocenters. The Kier molecular flexibility index (Phi) is 3.81. The fourth-order valence-corrected chi connectivity index (χ4v) is 4.14. The summed E-state index contributed by atoms with van der Waals surface area (Å²) in [6, 6.07) is 6.79. The van der Waals surface area contributed by atoms with Crippen LogP contribution in [0.15, 0.2) is 24.3 Å². The minimum Gasteiger partial charge on any atom is -0.321 e. The van der Waals surface area contributed by atoms with Crippen molar-refractivity contribution in [3.05, 3.63) is 34.8 Å². The molecule has 0 aliphatic carbocycles. The molecule has 27 heavy (non-hydrogen) atoms. The molecule has 9 heteroatoms. The molecule has 0 saturated carbocycles. The number of hydrogen-bond donors (Lipinski definition) is 2. The molecule has 2 aliphatic heterocycles. The molecule has 8 nitrogen and oxygen atoms in total. The predicted octanol–water partition coefficient (Wildman–Crippen LogP) is 2.04. The molecule has 3 heterocycles. The van der Waals surface area contributed by atoms with E-state index in [9.17, 15) is 14.4 Å². The minimum absolute atomic E-state index is 0.172. The first-order valence-corrected chi connectivity index (χ1v) is 9.44. The fraction of sp³-hybridized carbons (Fsp3) is 0.389. The molecule has 140 valence electrons. The van der Waals surface area contributed by atoms with Gasteiger partial charge in [-0.15, -0.1) is 10.2 Å². The van der Waals surface area contributed by atoms with Crippen molar-refractivity contribution in [2.45, 2.75) is 44.7 Å². The quantitative estimate of drug-likeness (QED) is 0.823. The van der Waals surface area contributed by atoms with Gasteiger partial charge < -0.3 is 5.32 Å². The number of nitrogens with one attached hydrogen (secondary N) is 2. The van der Waals surface area contributed by atoms with Gasteiger partial charge in [0.15, 0.2) is 0 Å². The van der Waals surface area contributed by atoms with Gasteiger partial charge in [0.2, 0.25) is 16.7 Å². The van der Waals surface area contributed by atoms with Gasteiger partial charge in [-0.05, 0) is 12.1 Å². The van der Waals surface area contributed by atoms with E-state index in [4.69, 9.17) is 0 Å². The van der Waals surface area contributed by atoms with Crippen molar-refractivity contribution in [1.29, 1.82) is 0 Å². The Morgan fingerprint density at radius 3 is 2.70 bits per heavy atom. The molecule has 4 rings (SSSR count). The SMILES string of the molecule is CC(C)(C)c1nnc(NC(=O)C23CCC(=O)N2c2ccccc2C(=O)N3)s1. The normalized spacial score (nSPS) is 21.5. The van der Waals surface area contributed by atoms with Gasteiger partial charge >= 0.3 is 0 Å². The van der Waals surface area contributed by atoms with E-state index < -0.39 is 11.6 Å². The molecule has 1 atom stereocenters. The lowest BCUT2D eigenvalue weighted by atomic mass is 9.98. The van der Waals surface area contributed by atoms with E-state index in [0.717, 1.165) is 5.01 Å². The van der Waals surface area contributed by atoms with Crippen molar-refractivity contribution in [3.8, 4) is 0 Å². The number of fused-ring (bicyclic) bond motifs is 3. The lowest BCUT2D eigenvalue weighted by Crippen LogP contribution is -2.68. The molecule has 1 fully saturated rings. The van der Waals surface area contributed by atoms with Crippen molar-refractivity contribution < 1.29 is 14.4 Å². The number of anilines is 2. The Morgan fingerprint density at radius 2 is 2.00 bits per heavy atom. The molecule has 2 aromatic rings. The third-order valence-corrected chi connectivity index (χ3v) is 5.97. The van der Waals surface area contributed by atoms with Gasteiger partial charge in [0, 0.05) is 18.3 Å². The van der Waals surface area contributed by atoms with Gasteiger partial charge in [0.25, 0.3) is 11.8 Å². The molecule has 0 spiro atoms. The number of rotatable bonds is 2. The maximum absolute atomic E-state index is 13.1. The Morgan fingerprint density at radius 1 is 1.26 bits per heavy atom. The van der Waals surface area contributed by atoms with Gasteiger partial charge in [-0.2, -0.15) is 0 Å². The van der Waals surface area contributed by atoms with Gasteiger partial charge in [-0.1, -0.05) is 44.2 Å². The average molecular weight is 385 g/mol. The van der Waals surface area contributed by atoms with Gasteiger partial charge in [-0.3, -0.25) is 24.6 Å². The molecular weight excluding hydrogens is 366 g/mol. The summed E-state index contributed by atoms with van der Waals surface area (Å²) in [5.74, 6) is -1.07. The van der Waals surface area contributed by atoms with Crippen LogP contribution in [0.25, 0.3) is 0 Å². The second-order valence-electron chi connectivity index (χ2n) is 7.68. The molecule has 3 amide bonds. The molecule has 1 saturated heterocycles. The summed E-state index contributed by atoms with van der Waals surface area (Å²) in [5.41, 5.74) is -0.809. The summed E-state index contributed by atoms with van der Waals surface area (Å²) >= 11 is 1.28. The molecule has 0 radical (unpaired) electrons. The van der Waals surface area contributed by atoms with Gasteiger partial charge in [0.05, 0.1) is 11.3 Å². The summed E-state index contributed by atoms with van der Waals surface area (Å²) in [6.45, 7) is 6.02. The number of carbonyl (C=O) groups excluding carboxylic acids is 3. The zero-order valence-corrected chi connectivity index (χ0v) is 16.0. The van der Waals surface area contributed by atoms with Crippen LogP contribution in [0, 0.1) is 0 Å². The second-order valence-corrected chi connectivity index (χ2v) is 8.65. The van der Waals surface area contributed by atoms with E-state index in [0.29, 0.717) is 16.4 Å². The summed E-state index contributed by atoms with van der Waals surface area (Å²) in [7, 11) is 0. The lowest BCUT2D eigenvalue weighted by molar-refractivity contribution is -0.124. The standard InChI is InChI=1S/C18H19N5O3S/c1-17(2,3)15-21-22-16(27-15)19-14(26)18-9-8-12(24)23(18)11-7-5-4-6-10(11)13(25)20-18/h4-7H,8-9H2,1-3H3,(H,20,25)(H,19,22,26). The molecule has 2 N–H and O–H groups in total. The Balaban J connectivity index is 1.69. The van der Waals surface area contributed by atoms with Crippen molar-refractivity contribution in [2.24, 2.45) is 0 Å². The maximum atomic E-state index is 13.1. The Labute approximate surface area is 160 Å². The highest BCUT2D eigenvalue weighted by Crippen LogP contribution is 2.40. The average Bonchev–Trinajstić information content (AvgIpc) is 3.21. The second kappa shape index (κ2) is 5.85. The molecule has 0 bridgehead atoms. The number of hydrogen-bond acceptors (Lipinski definition) is 6. The van der Waals surface area contributed by atoms with Crippen LogP contribution in [0.5, 0.6) is 0 Å². The van der Waals surface area contributed by atoms with E-state index in [1.165, 1.54) is 16.2 Å². The molecular formula is C18H19N5O3S. The predicted molar refractivity (Wildman–Crippen MR) is 101 cm³/mol. The van der Waals surface area contributed by atoms with Gasteiger partial charge in [-0.25, -0.2) is 0 Å².